The maximum absolute atomic E-state index is 12.9. The van der Waals surface area contributed by atoms with Crippen molar-refractivity contribution in [2.24, 2.45) is 5.92 Å². The van der Waals surface area contributed by atoms with Gasteiger partial charge in [0.15, 0.2) is 5.13 Å². The zero-order valence-electron chi connectivity index (χ0n) is 20.4. The number of carbonyl (C=O) groups excluding carboxylic acids is 1. The van der Waals surface area contributed by atoms with E-state index in [4.69, 9.17) is 4.98 Å². The molecule has 2 fully saturated rings. The Morgan fingerprint density at radius 1 is 1.17 bits per heavy atom. The molecule has 9 nitrogen and oxygen atoms in total. The van der Waals surface area contributed by atoms with Crippen LogP contribution in [0.15, 0.2) is 23.8 Å². The SMILES string of the molecule is Cc1csc(-c2nc(NC(=O)c3cnc(N4CCC(C(=O)O)CC4)cn3)sc2CN2CCCC2C)c1. The highest BCUT2D eigenvalue weighted by atomic mass is 32.1. The first-order chi connectivity index (χ1) is 17.4. The van der Waals surface area contributed by atoms with Crippen LogP contribution in [0.1, 0.15) is 53.5 Å². The van der Waals surface area contributed by atoms with Crippen LogP contribution in [0.3, 0.4) is 0 Å². The molecule has 1 atom stereocenters. The first-order valence-corrected chi connectivity index (χ1v) is 14.0. The van der Waals surface area contributed by atoms with Crippen molar-refractivity contribution in [1.82, 2.24) is 19.9 Å². The average Bonchev–Trinajstić information content (AvgIpc) is 3.60. The molecule has 190 valence electrons. The molecule has 0 saturated carbocycles. The molecule has 0 radical (unpaired) electrons. The number of nitrogens with one attached hydrogen (secondary N) is 1. The molecule has 0 bridgehead atoms. The highest BCUT2D eigenvalue weighted by Gasteiger charge is 2.26. The summed E-state index contributed by atoms with van der Waals surface area (Å²) < 4.78 is 0. The Bertz CT molecular complexity index is 1230. The molecule has 2 N–H and O–H groups in total. The fourth-order valence-electron chi connectivity index (χ4n) is 4.79. The molecule has 5 rings (SSSR count). The number of thiophene rings is 1. The number of aryl methyl sites for hydroxylation is 1. The number of likely N-dealkylation sites (tertiary alicyclic amines) is 1. The number of hydrogen-bond acceptors (Lipinski definition) is 9. The predicted octanol–water partition coefficient (Wildman–Crippen LogP) is 4.51. The molecule has 3 aromatic heterocycles. The van der Waals surface area contributed by atoms with Crippen LogP contribution in [0.4, 0.5) is 10.9 Å². The number of aromatic nitrogens is 3. The van der Waals surface area contributed by atoms with Gasteiger partial charge in [0.2, 0.25) is 0 Å². The normalized spacial score (nSPS) is 19.1. The number of nitrogens with zero attached hydrogens (tertiary/aromatic N) is 5. The molecule has 2 aliphatic heterocycles. The van der Waals surface area contributed by atoms with E-state index >= 15 is 0 Å². The second-order valence-corrected chi connectivity index (χ2v) is 11.5. The molecule has 5 heterocycles. The van der Waals surface area contributed by atoms with E-state index in [0.717, 1.165) is 28.5 Å². The van der Waals surface area contributed by atoms with Crippen molar-refractivity contribution in [2.45, 2.75) is 52.1 Å². The molecule has 1 unspecified atom stereocenters. The number of anilines is 2. The number of piperidine rings is 1. The first-order valence-electron chi connectivity index (χ1n) is 12.3. The minimum atomic E-state index is -0.745. The van der Waals surface area contributed by atoms with Crippen molar-refractivity contribution in [2.75, 3.05) is 29.9 Å². The van der Waals surface area contributed by atoms with Gasteiger partial charge in [0.1, 0.15) is 11.5 Å². The van der Waals surface area contributed by atoms with Gasteiger partial charge in [-0.05, 0) is 63.1 Å². The van der Waals surface area contributed by atoms with Crippen LogP contribution in [-0.2, 0) is 11.3 Å². The van der Waals surface area contributed by atoms with Gasteiger partial charge in [-0.1, -0.05) is 11.3 Å². The van der Waals surface area contributed by atoms with Crippen molar-refractivity contribution in [3.05, 3.63) is 40.0 Å². The van der Waals surface area contributed by atoms with E-state index in [9.17, 15) is 14.7 Å². The van der Waals surface area contributed by atoms with Gasteiger partial charge in [-0.2, -0.15) is 0 Å². The zero-order chi connectivity index (χ0) is 25.2. The first kappa shape index (κ1) is 24.8. The minimum Gasteiger partial charge on any atom is -0.481 e. The van der Waals surface area contributed by atoms with E-state index < -0.39 is 5.97 Å². The summed E-state index contributed by atoms with van der Waals surface area (Å²) in [5.41, 5.74) is 2.37. The van der Waals surface area contributed by atoms with Crippen LogP contribution < -0.4 is 10.2 Å². The van der Waals surface area contributed by atoms with Gasteiger partial charge >= 0.3 is 5.97 Å². The Kier molecular flexibility index (Phi) is 7.31. The van der Waals surface area contributed by atoms with Gasteiger partial charge in [-0.3, -0.25) is 19.8 Å². The standard InChI is InChI=1S/C25H30N6O3S2/c1-15-10-19(35-14-15)22-20(13-31-7-3-4-16(31)2)36-25(28-22)29-23(32)18-11-27-21(12-26-18)30-8-5-17(6-9-30)24(33)34/h10-12,14,16-17H,3-9,13H2,1-2H3,(H,33,34)(H,28,29,32). The molecule has 0 aliphatic carbocycles. The summed E-state index contributed by atoms with van der Waals surface area (Å²) in [6.07, 6.45) is 6.63. The lowest BCUT2D eigenvalue weighted by Gasteiger charge is -2.30. The Balaban J connectivity index is 1.28. The molecular weight excluding hydrogens is 496 g/mol. The van der Waals surface area contributed by atoms with E-state index in [1.165, 1.54) is 35.9 Å². The maximum atomic E-state index is 12.9. The number of carboxylic acid groups (broad SMARTS) is 1. The van der Waals surface area contributed by atoms with Gasteiger partial charge in [-0.15, -0.1) is 11.3 Å². The second-order valence-electron chi connectivity index (χ2n) is 9.55. The number of hydrogen-bond donors (Lipinski definition) is 2. The smallest absolute Gasteiger partial charge is 0.306 e. The summed E-state index contributed by atoms with van der Waals surface area (Å²) >= 11 is 3.20. The maximum Gasteiger partial charge on any atom is 0.306 e. The van der Waals surface area contributed by atoms with E-state index in [-0.39, 0.29) is 17.5 Å². The topological polar surface area (TPSA) is 112 Å². The summed E-state index contributed by atoms with van der Waals surface area (Å²) in [5, 5.41) is 14.8. The van der Waals surface area contributed by atoms with Crippen LogP contribution >= 0.6 is 22.7 Å². The van der Waals surface area contributed by atoms with Gasteiger partial charge < -0.3 is 10.0 Å². The lowest BCUT2D eigenvalue weighted by Crippen LogP contribution is -2.36. The van der Waals surface area contributed by atoms with Crippen molar-refractivity contribution < 1.29 is 14.7 Å². The molecular formula is C25H30N6O3S2. The lowest BCUT2D eigenvalue weighted by molar-refractivity contribution is -0.142. The van der Waals surface area contributed by atoms with Crippen LogP contribution in [0.25, 0.3) is 10.6 Å². The predicted molar refractivity (Wildman–Crippen MR) is 142 cm³/mol. The van der Waals surface area contributed by atoms with Crippen LogP contribution in [0.2, 0.25) is 0 Å². The number of carboxylic acids is 1. The Morgan fingerprint density at radius 2 is 1.97 bits per heavy atom. The molecule has 0 aromatic carbocycles. The van der Waals surface area contributed by atoms with Crippen LogP contribution in [-0.4, -0.2) is 62.5 Å². The Hall–Kier alpha value is -2.89. The van der Waals surface area contributed by atoms with E-state index in [1.807, 2.05) is 4.90 Å². The molecule has 1 amide bonds. The molecule has 2 saturated heterocycles. The van der Waals surface area contributed by atoms with Crippen molar-refractivity contribution in [3.63, 3.8) is 0 Å². The number of rotatable bonds is 7. The molecule has 36 heavy (non-hydrogen) atoms. The number of amides is 1. The molecule has 3 aromatic rings. The van der Waals surface area contributed by atoms with Crippen molar-refractivity contribution in [3.8, 4) is 10.6 Å². The Morgan fingerprint density at radius 3 is 2.58 bits per heavy atom. The third-order valence-corrected chi connectivity index (χ3v) is 8.97. The summed E-state index contributed by atoms with van der Waals surface area (Å²) in [4.78, 5) is 44.4. The van der Waals surface area contributed by atoms with Gasteiger partial charge in [0.25, 0.3) is 5.91 Å². The lowest BCUT2D eigenvalue weighted by atomic mass is 9.97. The van der Waals surface area contributed by atoms with Gasteiger partial charge in [0, 0.05) is 30.6 Å². The summed E-state index contributed by atoms with van der Waals surface area (Å²) in [7, 11) is 0. The van der Waals surface area contributed by atoms with E-state index in [1.54, 1.807) is 17.5 Å². The average molecular weight is 527 g/mol. The monoisotopic (exact) mass is 526 g/mol. The van der Waals surface area contributed by atoms with Crippen molar-refractivity contribution in [1.29, 1.82) is 0 Å². The van der Waals surface area contributed by atoms with Crippen LogP contribution in [0, 0.1) is 12.8 Å². The third kappa shape index (κ3) is 5.42. The van der Waals surface area contributed by atoms with Gasteiger partial charge in [-0.25, -0.2) is 15.0 Å². The fourth-order valence-corrected chi connectivity index (χ4v) is 6.77. The van der Waals surface area contributed by atoms with Crippen LogP contribution in [0.5, 0.6) is 0 Å². The van der Waals surface area contributed by atoms with E-state index in [0.29, 0.717) is 42.9 Å². The zero-order valence-corrected chi connectivity index (χ0v) is 22.1. The quantitative estimate of drug-likeness (QED) is 0.463. The Labute approximate surface area is 218 Å². The molecule has 0 spiro atoms. The second kappa shape index (κ2) is 10.6. The number of carbonyl (C=O) groups is 2. The third-order valence-electron chi connectivity index (χ3n) is 6.96. The fraction of sp³-hybridized carbons (Fsp3) is 0.480. The van der Waals surface area contributed by atoms with Gasteiger partial charge in [0.05, 0.1) is 28.9 Å². The molecule has 2 aliphatic rings. The number of thiazole rings is 1. The molecule has 11 heteroatoms. The van der Waals surface area contributed by atoms with Crippen molar-refractivity contribution >= 4 is 45.5 Å². The summed E-state index contributed by atoms with van der Waals surface area (Å²) in [5.74, 6) is -0.742. The highest BCUT2D eigenvalue weighted by Crippen LogP contribution is 2.37. The summed E-state index contributed by atoms with van der Waals surface area (Å²) in [6.45, 7) is 7.48. The number of aliphatic carboxylic acids is 1. The highest BCUT2D eigenvalue weighted by molar-refractivity contribution is 7.17. The minimum absolute atomic E-state index is 0.220. The summed E-state index contributed by atoms with van der Waals surface area (Å²) in [6, 6.07) is 2.69. The van der Waals surface area contributed by atoms with E-state index in [2.05, 4.69) is 45.5 Å². The largest absolute Gasteiger partial charge is 0.481 e.